The highest BCUT2D eigenvalue weighted by molar-refractivity contribution is 5.91. The standard InChI is InChI=1S/C18H21NO2/c1-12-5-3-4-6-16(12)19-18(20)10-8-14-7-9-17(21-14)15-11-13(15)2/h3-7,9,13,15H,8,10-11H2,1-2H3,(H,19,20)/t13-,15+/m1/s1. The third-order valence-electron chi connectivity index (χ3n) is 4.17. The average molecular weight is 283 g/mol. The number of carbonyl (C=O) groups excluding carboxylic acids is 1. The van der Waals surface area contributed by atoms with Crippen LogP contribution < -0.4 is 5.32 Å². The first-order valence-corrected chi connectivity index (χ1v) is 7.57. The van der Waals surface area contributed by atoms with Gasteiger partial charge >= 0.3 is 0 Å². The van der Waals surface area contributed by atoms with Gasteiger partial charge in [0.25, 0.3) is 0 Å². The van der Waals surface area contributed by atoms with Crippen molar-refractivity contribution in [3.05, 3.63) is 53.5 Å². The fourth-order valence-corrected chi connectivity index (χ4v) is 2.61. The highest BCUT2D eigenvalue weighted by Crippen LogP contribution is 2.47. The molecule has 3 nitrogen and oxygen atoms in total. The normalized spacial score (nSPS) is 20.3. The Balaban J connectivity index is 1.52. The van der Waals surface area contributed by atoms with E-state index >= 15 is 0 Å². The second kappa shape index (κ2) is 5.76. The van der Waals surface area contributed by atoms with Crippen LogP contribution in [0.2, 0.25) is 0 Å². The van der Waals surface area contributed by atoms with Crippen LogP contribution in [-0.2, 0) is 11.2 Å². The van der Waals surface area contributed by atoms with Gasteiger partial charge in [-0.1, -0.05) is 25.1 Å². The number of hydrogen-bond acceptors (Lipinski definition) is 2. The lowest BCUT2D eigenvalue weighted by Crippen LogP contribution is -2.12. The minimum Gasteiger partial charge on any atom is -0.466 e. The van der Waals surface area contributed by atoms with Crippen LogP contribution in [-0.4, -0.2) is 5.91 Å². The fourth-order valence-electron chi connectivity index (χ4n) is 2.61. The number of aryl methyl sites for hydroxylation is 2. The Morgan fingerprint density at radius 3 is 2.76 bits per heavy atom. The Morgan fingerprint density at radius 2 is 2.05 bits per heavy atom. The topological polar surface area (TPSA) is 42.2 Å². The molecule has 110 valence electrons. The maximum Gasteiger partial charge on any atom is 0.224 e. The van der Waals surface area contributed by atoms with Crippen molar-refractivity contribution in [2.24, 2.45) is 5.92 Å². The van der Waals surface area contributed by atoms with Gasteiger partial charge in [0.05, 0.1) is 0 Å². The predicted octanol–water partition coefficient (Wildman–Crippen LogP) is 4.28. The largest absolute Gasteiger partial charge is 0.466 e. The molecule has 1 heterocycles. The van der Waals surface area contributed by atoms with Crippen LogP contribution in [0, 0.1) is 12.8 Å². The van der Waals surface area contributed by atoms with Gasteiger partial charge in [0.2, 0.25) is 5.91 Å². The van der Waals surface area contributed by atoms with Crippen molar-refractivity contribution >= 4 is 11.6 Å². The first-order valence-electron chi connectivity index (χ1n) is 7.57. The molecule has 3 heteroatoms. The molecule has 1 aromatic heterocycles. The van der Waals surface area contributed by atoms with Gasteiger partial charge in [0.1, 0.15) is 11.5 Å². The van der Waals surface area contributed by atoms with E-state index in [2.05, 4.69) is 18.3 Å². The van der Waals surface area contributed by atoms with E-state index in [0.29, 0.717) is 18.8 Å². The summed E-state index contributed by atoms with van der Waals surface area (Å²) in [5, 5.41) is 2.95. The van der Waals surface area contributed by atoms with Crippen molar-refractivity contribution in [2.75, 3.05) is 5.32 Å². The maximum atomic E-state index is 12.0. The molecule has 2 atom stereocenters. The van der Waals surface area contributed by atoms with Crippen molar-refractivity contribution in [1.82, 2.24) is 0 Å². The van der Waals surface area contributed by atoms with Crippen LogP contribution in [0.25, 0.3) is 0 Å². The molecule has 1 saturated carbocycles. The molecule has 0 unspecified atom stereocenters. The SMILES string of the molecule is Cc1ccccc1NC(=O)CCc1ccc([C@H]2C[C@H]2C)o1. The molecule has 0 saturated heterocycles. The van der Waals surface area contributed by atoms with Crippen molar-refractivity contribution in [3.63, 3.8) is 0 Å². The maximum absolute atomic E-state index is 12.0. The van der Waals surface area contributed by atoms with Crippen LogP contribution in [0.4, 0.5) is 5.69 Å². The van der Waals surface area contributed by atoms with E-state index in [1.807, 2.05) is 37.3 Å². The summed E-state index contributed by atoms with van der Waals surface area (Å²) in [5.74, 6) is 3.36. The number of hydrogen-bond donors (Lipinski definition) is 1. The minimum absolute atomic E-state index is 0.0297. The Labute approximate surface area is 125 Å². The van der Waals surface area contributed by atoms with E-state index in [0.717, 1.165) is 28.7 Å². The van der Waals surface area contributed by atoms with Gasteiger partial charge in [0.15, 0.2) is 0 Å². The second-order valence-electron chi connectivity index (χ2n) is 5.99. The molecule has 3 rings (SSSR count). The number of rotatable bonds is 5. The summed E-state index contributed by atoms with van der Waals surface area (Å²) < 4.78 is 5.82. The lowest BCUT2D eigenvalue weighted by atomic mass is 10.2. The van der Waals surface area contributed by atoms with Crippen molar-refractivity contribution < 1.29 is 9.21 Å². The van der Waals surface area contributed by atoms with Gasteiger partial charge in [-0.25, -0.2) is 0 Å². The average Bonchev–Trinajstić information content (AvgIpc) is 3.01. The number of anilines is 1. The van der Waals surface area contributed by atoms with Crippen molar-refractivity contribution in [1.29, 1.82) is 0 Å². The van der Waals surface area contributed by atoms with E-state index in [9.17, 15) is 4.79 Å². The van der Waals surface area contributed by atoms with Gasteiger partial charge in [-0.2, -0.15) is 0 Å². The van der Waals surface area contributed by atoms with E-state index in [4.69, 9.17) is 4.42 Å². The van der Waals surface area contributed by atoms with E-state index in [1.165, 1.54) is 6.42 Å². The molecular weight excluding hydrogens is 262 g/mol. The first kappa shape index (κ1) is 13.9. The van der Waals surface area contributed by atoms with E-state index in [1.54, 1.807) is 0 Å². The summed E-state index contributed by atoms with van der Waals surface area (Å²) in [7, 11) is 0. The molecule has 0 bridgehead atoms. The third kappa shape index (κ3) is 3.35. The zero-order valence-electron chi connectivity index (χ0n) is 12.6. The smallest absolute Gasteiger partial charge is 0.224 e. The minimum atomic E-state index is 0.0297. The molecule has 0 aliphatic heterocycles. The summed E-state index contributed by atoms with van der Waals surface area (Å²) in [6.07, 6.45) is 2.32. The van der Waals surface area contributed by atoms with Crippen LogP contribution in [0.3, 0.4) is 0 Å². The Kier molecular flexibility index (Phi) is 3.82. The van der Waals surface area contributed by atoms with Gasteiger partial charge in [-0.15, -0.1) is 0 Å². The summed E-state index contributed by atoms with van der Waals surface area (Å²) >= 11 is 0. The van der Waals surface area contributed by atoms with Gasteiger partial charge in [-0.05, 0) is 43.0 Å². The van der Waals surface area contributed by atoms with Gasteiger partial charge < -0.3 is 9.73 Å². The van der Waals surface area contributed by atoms with Gasteiger partial charge in [-0.3, -0.25) is 4.79 Å². The molecule has 1 aromatic carbocycles. The van der Waals surface area contributed by atoms with Crippen molar-refractivity contribution in [2.45, 2.75) is 39.0 Å². The van der Waals surface area contributed by atoms with Crippen LogP contribution in [0.5, 0.6) is 0 Å². The molecular formula is C18H21NO2. The Morgan fingerprint density at radius 1 is 1.29 bits per heavy atom. The lowest BCUT2D eigenvalue weighted by molar-refractivity contribution is -0.116. The number of para-hydroxylation sites is 1. The molecule has 0 spiro atoms. The summed E-state index contributed by atoms with van der Waals surface area (Å²) in [4.78, 5) is 12.0. The zero-order valence-corrected chi connectivity index (χ0v) is 12.6. The highest BCUT2D eigenvalue weighted by atomic mass is 16.3. The Bertz CT molecular complexity index is 644. The number of nitrogens with one attached hydrogen (secondary N) is 1. The quantitative estimate of drug-likeness (QED) is 0.889. The molecule has 0 radical (unpaired) electrons. The number of benzene rings is 1. The lowest BCUT2D eigenvalue weighted by Gasteiger charge is -2.07. The molecule has 1 aliphatic rings. The van der Waals surface area contributed by atoms with E-state index in [-0.39, 0.29) is 5.91 Å². The van der Waals surface area contributed by atoms with Crippen LogP contribution in [0.1, 0.15) is 42.8 Å². The monoisotopic (exact) mass is 283 g/mol. The van der Waals surface area contributed by atoms with Crippen LogP contribution in [0.15, 0.2) is 40.8 Å². The van der Waals surface area contributed by atoms with Crippen LogP contribution >= 0.6 is 0 Å². The molecule has 2 aromatic rings. The molecule has 21 heavy (non-hydrogen) atoms. The third-order valence-corrected chi connectivity index (χ3v) is 4.17. The zero-order chi connectivity index (χ0) is 14.8. The molecule has 1 amide bonds. The fraction of sp³-hybridized carbons (Fsp3) is 0.389. The molecule has 1 aliphatic carbocycles. The van der Waals surface area contributed by atoms with Crippen molar-refractivity contribution in [3.8, 4) is 0 Å². The highest BCUT2D eigenvalue weighted by Gasteiger charge is 2.36. The summed E-state index contributed by atoms with van der Waals surface area (Å²) in [5.41, 5.74) is 1.96. The summed E-state index contributed by atoms with van der Waals surface area (Å²) in [6.45, 7) is 4.23. The van der Waals surface area contributed by atoms with E-state index < -0.39 is 0 Å². The molecule has 1 fully saturated rings. The number of carbonyl (C=O) groups is 1. The first-order chi connectivity index (χ1) is 10.1. The summed E-state index contributed by atoms with van der Waals surface area (Å²) in [6, 6.07) is 11.9. The second-order valence-corrected chi connectivity index (χ2v) is 5.99. The number of amides is 1. The number of furan rings is 1. The predicted molar refractivity (Wildman–Crippen MR) is 83.4 cm³/mol. The van der Waals surface area contributed by atoms with Gasteiger partial charge in [0, 0.05) is 24.4 Å². The molecule has 1 N–H and O–H groups in total. The Hall–Kier alpha value is -2.03.